The lowest BCUT2D eigenvalue weighted by atomic mass is 10.1. The summed E-state index contributed by atoms with van der Waals surface area (Å²) in [5.74, 6) is -1.09. The molecule has 5 nitrogen and oxygen atoms in total. The molecule has 3 aromatic rings. The molecule has 0 fully saturated rings. The predicted octanol–water partition coefficient (Wildman–Crippen LogP) is 3.64. The molecule has 0 spiro atoms. The van der Waals surface area contributed by atoms with Crippen LogP contribution in [0.5, 0.6) is 0 Å². The molecule has 0 aliphatic heterocycles. The van der Waals surface area contributed by atoms with Crippen LogP contribution >= 0.6 is 11.3 Å². The normalized spacial score (nSPS) is 12.9. The number of esters is 1. The number of para-hydroxylation sites is 1. The number of hydrogen-bond acceptors (Lipinski definition) is 4. The van der Waals surface area contributed by atoms with E-state index in [0.717, 1.165) is 10.2 Å². The molecule has 1 amide bonds. The predicted molar refractivity (Wildman–Crippen MR) is 102 cm³/mol. The molecule has 1 aromatic heterocycles. The van der Waals surface area contributed by atoms with Crippen molar-refractivity contribution in [3.05, 3.63) is 64.7 Å². The van der Waals surface area contributed by atoms with Crippen molar-refractivity contribution in [1.29, 1.82) is 0 Å². The van der Waals surface area contributed by atoms with Crippen LogP contribution in [0.25, 0.3) is 10.2 Å². The van der Waals surface area contributed by atoms with Crippen molar-refractivity contribution >= 4 is 33.4 Å². The first-order chi connectivity index (χ1) is 13.0. The van der Waals surface area contributed by atoms with Crippen LogP contribution in [-0.2, 0) is 20.7 Å². The van der Waals surface area contributed by atoms with E-state index in [1.54, 1.807) is 16.7 Å². The standard InChI is InChI=1S/C20H19FN2O3S/c1-3-15(19(25)26-2)23-16-6-4-5-7-17(16)27-20(23)22-18(24)12-13-8-10-14(21)11-9-13/h4-11,15H,3,12H2,1-2H3/b22-20+. The van der Waals surface area contributed by atoms with E-state index in [0.29, 0.717) is 16.8 Å². The van der Waals surface area contributed by atoms with Crippen molar-refractivity contribution in [2.75, 3.05) is 7.11 Å². The van der Waals surface area contributed by atoms with Crippen molar-refractivity contribution in [3.63, 3.8) is 0 Å². The number of ether oxygens (including phenoxy) is 1. The summed E-state index contributed by atoms with van der Waals surface area (Å²) in [7, 11) is 1.34. The zero-order chi connectivity index (χ0) is 19.4. The molecule has 1 heterocycles. The van der Waals surface area contributed by atoms with Crippen molar-refractivity contribution < 1.29 is 18.7 Å². The van der Waals surface area contributed by atoms with Gasteiger partial charge < -0.3 is 9.30 Å². The first-order valence-corrected chi connectivity index (χ1v) is 9.35. The summed E-state index contributed by atoms with van der Waals surface area (Å²) in [6, 6.07) is 12.8. The van der Waals surface area contributed by atoms with Gasteiger partial charge in [-0.2, -0.15) is 4.99 Å². The van der Waals surface area contributed by atoms with E-state index < -0.39 is 6.04 Å². The minimum atomic E-state index is -0.566. The molecule has 7 heteroatoms. The molecule has 0 saturated heterocycles. The summed E-state index contributed by atoms with van der Waals surface area (Å²) in [5, 5.41) is 0. The number of carbonyl (C=O) groups excluding carboxylic acids is 2. The van der Waals surface area contributed by atoms with Gasteiger partial charge in [-0.25, -0.2) is 9.18 Å². The molecule has 0 radical (unpaired) electrons. The summed E-state index contributed by atoms with van der Waals surface area (Å²) >= 11 is 1.34. The highest BCUT2D eigenvalue weighted by Crippen LogP contribution is 2.23. The molecule has 140 valence electrons. The Hall–Kier alpha value is -2.80. The summed E-state index contributed by atoms with van der Waals surface area (Å²) in [6.07, 6.45) is 0.566. The topological polar surface area (TPSA) is 60.7 Å². The SMILES string of the molecule is CCC(C(=O)OC)n1/c(=N\C(=O)Cc2ccc(F)cc2)sc2ccccc21. The van der Waals surface area contributed by atoms with Gasteiger partial charge >= 0.3 is 5.97 Å². The molecule has 0 N–H and O–H groups in total. The molecule has 3 rings (SSSR count). The second kappa shape index (κ2) is 8.26. The van der Waals surface area contributed by atoms with Crippen LogP contribution < -0.4 is 4.80 Å². The maximum Gasteiger partial charge on any atom is 0.328 e. The monoisotopic (exact) mass is 386 g/mol. The van der Waals surface area contributed by atoms with E-state index in [9.17, 15) is 14.0 Å². The Kier molecular flexibility index (Phi) is 5.81. The van der Waals surface area contributed by atoms with Crippen LogP contribution in [0.2, 0.25) is 0 Å². The minimum Gasteiger partial charge on any atom is -0.467 e. The van der Waals surface area contributed by atoms with Crippen molar-refractivity contribution in [2.24, 2.45) is 4.99 Å². The van der Waals surface area contributed by atoms with Gasteiger partial charge in [0.1, 0.15) is 11.9 Å². The Bertz CT molecular complexity index is 1040. The third-order valence-electron chi connectivity index (χ3n) is 4.19. The molecule has 27 heavy (non-hydrogen) atoms. The fourth-order valence-electron chi connectivity index (χ4n) is 2.88. The lowest BCUT2D eigenvalue weighted by molar-refractivity contribution is -0.144. The van der Waals surface area contributed by atoms with Gasteiger partial charge in [-0.05, 0) is 36.2 Å². The van der Waals surface area contributed by atoms with Crippen LogP contribution in [0.4, 0.5) is 4.39 Å². The third-order valence-corrected chi connectivity index (χ3v) is 5.23. The number of thiazole rings is 1. The van der Waals surface area contributed by atoms with E-state index >= 15 is 0 Å². The van der Waals surface area contributed by atoms with Crippen molar-refractivity contribution in [2.45, 2.75) is 25.8 Å². The van der Waals surface area contributed by atoms with E-state index in [1.165, 1.54) is 30.6 Å². The molecular weight excluding hydrogens is 367 g/mol. The number of nitrogens with zero attached hydrogens (tertiary/aromatic N) is 2. The van der Waals surface area contributed by atoms with Gasteiger partial charge in [0.25, 0.3) is 5.91 Å². The maximum absolute atomic E-state index is 13.0. The molecule has 2 aromatic carbocycles. The Morgan fingerprint density at radius 2 is 1.89 bits per heavy atom. The average molecular weight is 386 g/mol. The van der Waals surface area contributed by atoms with Crippen LogP contribution in [0, 0.1) is 5.82 Å². The van der Waals surface area contributed by atoms with Crippen LogP contribution in [0.15, 0.2) is 53.5 Å². The quantitative estimate of drug-likeness (QED) is 0.629. The highest BCUT2D eigenvalue weighted by molar-refractivity contribution is 7.16. The van der Waals surface area contributed by atoms with Crippen molar-refractivity contribution in [3.8, 4) is 0 Å². The van der Waals surface area contributed by atoms with Gasteiger partial charge in [-0.15, -0.1) is 0 Å². The number of rotatable bonds is 5. The Morgan fingerprint density at radius 3 is 2.56 bits per heavy atom. The molecule has 1 unspecified atom stereocenters. The van der Waals surface area contributed by atoms with Crippen LogP contribution in [0.1, 0.15) is 24.9 Å². The fraction of sp³-hybridized carbons (Fsp3) is 0.250. The largest absolute Gasteiger partial charge is 0.467 e. The number of amides is 1. The van der Waals surface area contributed by atoms with E-state index in [2.05, 4.69) is 4.99 Å². The first-order valence-electron chi connectivity index (χ1n) is 8.53. The van der Waals surface area contributed by atoms with E-state index in [-0.39, 0.29) is 24.1 Å². The minimum absolute atomic E-state index is 0.0591. The maximum atomic E-state index is 13.0. The second-order valence-corrected chi connectivity index (χ2v) is 6.99. The van der Waals surface area contributed by atoms with E-state index in [1.807, 2.05) is 31.2 Å². The van der Waals surface area contributed by atoms with E-state index in [4.69, 9.17) is 4.74 Å². The zero-order valence-corrected chi connectivity index (χ0v) is 15.8. The molecule has 1 atom stereocenters. The van der Waals surface area contributed by atoms with Gasteiger partial charge in [0.05, 0.1) is 23.7 Å². The summed E-state index contributed by atoms with van der Waals surface area (Å²) in [5.41, 5.74) is 1.51. The average Bonchev–Trinajstić information content (AvgIpc) is 3.02. The van der Waals surface area contributed by atoms with Crippen LogP contribution in [0.3, 0.4) is 0 Å². The first kappa shape index (κ1) is 19.0. The third kappa shape index (κ3) is 4.14. The number of carbonyl (C=O) groups is 2. The summed E-state index contributed by atoms with van der Waals surface area (Å²) in [4.78, 5) is 29.4. The fourth-order valence-corrected chi connectivity index (χ4v) is 3.97. The van der Waals surface area contributed by atoms with Gasteiger partial charge in [-0.1, -0.05) is 42.5 Å². The van der Waals surface area contributed by atoms with Crippen LogP contribution in [-0.4, -0.2) is 23.6 Å². The second-order valence-electron chi connectivity index (χ2n) is 5.98. The summed E-state index contributed by atoms with van der Waals surface area (Å²) in [6.45, 7) is 1.88. The van der Waals surface area contributed by atoms with Gasteiger partial charge in [-0.3, -0.25) is 4.79 Å². The number of aromatic nitrogens is 1. The highest BCUT2D eigenvalue weighted by atomic mass is 32.1. The smallest absolute Gasteiger partial charge is 0.328 e. The van der Waals surface area contributed by atoms with Gasteiger partial charge in [0.2, 0.25) is 0 Å². The van der Waals surface area contributed by atoms with Gasteiger partial charge in [0, 0.05) is 0 Å². The molecule has 0 aliphatic carbocycles. The van der Waals surface area contributed by atoms with Gasteiger partial charge in [0.15, 0.2) is 4.80 Å². The number of benzene rings is 2. The Morgan fingerprint density at radius 1 is 1.19 bits per heavy atom. The lowest BCUT2D eigenvalue weighted by Crippen LogP contribution is -2.28. The molecule has 0 saturated carbocycles. The number of halogens is 1. The molecule has 0 bridgehead atoms. The summed E-state index contributed by atoms with van der Waals surface area (Å²) < 4.78 is 20.6. The van der Waals surface area contributed by atoms with Crippen molar-refractivity contribution in [1.82, 2.24) is 4.57 Å². The Labute approximate surface area is 159 Å². The zero-order valence-electron chi connectivity index (χ0n) is 15.0. The number of hydrogen-bond donors (Lipinski definition) is 0. The molecular formula is C20H19FN2O3S. The highest BCUT2D eigenvalue weighted by Gasteiger charge is 2.23. The molecule has 0 aliphatic rings. The number of fused-ring (bicyclic) bond motifs is 1. The lowest BCUT2D eigenvalue weighted by Gasteiger charge is -2.15. The number of methoxy groups -OCH3 is 1. The Balaban J connectivity index is 2.05.